The van der Waals surface area contributed by atoms with Crippen molar-refractivity contribution in [3.8, 4) is 5.75 Å². The van der Waals surface area contributed by atoms with Gasteiger partial charge in [0.2, 0.25) is 10.0 Å². The molecule has 2 aromatic carbocycles. The van der Waals surface area contributed by atoms with E-state index in [1.807, 2.05) is 38.1 Å². The van der Waals surface area contributed by atoms with Gasteiger partial charge in [-0.15, -0.1) is 0 Å². The summed E-state index contributed by atoms with van der Waals surface area (Å²) < 4.78 is 31.3. The van der Waals surface area contributed by atoms with Crippen LogP contribution in [0.3, 0.4) is 0 Å². The van der Waals surface area contributed by atoms with Crippen LogP contribution < -0.4 is 14.4 Å². The second-order valence-corrected chi connectivity index (χ2v) is 9.00. The maximum atomic E-state index is 12.7. The van der Waals surface area contributed by atoms with E-state index >= 15 is 0 Å². The number of halogens is 1. The Labute approximate surface area is 164 Å². The number of amides is 1. The van der Waals surface area contributed by atoms with Crippen molar-refractivity contribution >= 4 is 33.2 Å². The SMILES string of the molecule is Cc1ccc(C(C)NC(=O)C2CN(S(C)(=O)=O)c3cc(Cl)ccc3O2)cc1. The molecule has 144 valence electrons. The van der Waals surface area contributed by atoms with Crippen molar-refractivity contribution in [2.75, 3.05) is 17.1 Å². The van der Waals surface area contributed by atoms with Crippen molar-refractivity contribution in [2.24, 2.45) is 0 Å². The standard InChI is InChI=1S/C19H21ClN2O4S/c1-12-4-6-14(7-5-12)13(2)21-19(23)18-11-22(27(3,24)25)16-10-15(20)8-9-17(16)26-18/h4-10,13,18H,11H2,1-3H3,(H,21,23). The van der Waals surface area contributed by atoms with Crippen LogP contribution in [-0.2, 0) is 14.8 Å². The smallest absolute Gasteiger partial charge is 0.263 e. The number of sulfonamides is 1. The van der Waals surface area contributed by atoms with Gasteiger partial charge in [0.05, 0.1) is 24.5 Å². The zero-order valence-corrected chi connectivity index (χ0v) is 16.8. The highest BCUT2D eigenvalue weighted by Gasteiger charge is 2.35. The molecule has 0 saturated heterocycles. The highest BCUT2D eigenvalue weighted by Crippen LogP contribution is 2.37. The van der Waals surface area contributed by atoms with Crippen LogP contribution in [0.4, 0.5) is 5.69 Å². The van der Waals surface area contributed by atoms with Gasteiger partial charge in [0.15, 0.2) is 6.10 Å². The van der Waals surface area contributed by atoms with Crippen molar-refractivity contribution in [1.82, 2.24) is 5.32 Å². The monoisotopic (exact) mass is 408 g/mol. The summed E-state index contributed by atoms with van der Waals surface area (Å²) in [5.74, 6) is -0.0726. The third-order valence-corrected chi connectivity index (χ3v) is 5.80. The van der Waals surface area contributed by atoms with E-state index in [0.29, 0.717) is 16.5 Å². The lowest BCUT2D eigenvalue weighted by Crippen LogP contribution is -2.50. The Morgan fingerprint density at radius 2 is 1.93 bits per heavy atom. The molecule has 0 spiro atoms. The number of carbonyl (C=O) groups excluding carboxylic acids is 1. The third-order valence-electron chi connectivity index (χ3n) is 4.42. The van der Waals surface area contributed by atoms with Gasteiger partial charge in [-0.3, -0.25) is 9.10 Å². The van der Waals surface area contributed by atoms with Gasteiger partial charge in [-0.2, -0.15) is 0 Å². The summed E-state index contributed by atoms with van der Waals surface area (Å²) in [7, 11) is -3.59. The van der Waals surface area contributed by atoms with E-state index < -0.39 is 16.1 Å². The molecule has 0 bridgehead atoms. The Morgan fingerprint density at radius 1 is 1.26 bits per heavy atom. The fourth-order valence-corrected chi connectivity index (χ4v) is 3.99. The van der Waals surface area contributed by atoms with Gasteiger partial charge < -0.3 is 10.1 Å². The second kappa shape index (κ2) is 7.40. The van der Waals surface area contributed by atoms with Crippen LogP contribution in [0.25, 0.3) is 0 Å². The fourth-order valence-electron chi connectivity index (χ4n) is 2.92. The number of nitrogens with one attached hydrogen (secondary N) is 1. The number of benzene rings is 2. The summed E-state index contributed by atoms with van der Waals surface area (Å²) >= 11 is 5.98. The number of carbonyl (C=O) groups is 1. The number of hydrogen-bond acceptors (Lipinski definition) is 4. The first-order valence-electron chi connectivity index (χ1n) is 8.46. The molecule has 8 heteroatoms. The van der Waals surface area contributed by atoms with Crippen LogP contribution in [0.15, 0.2) is 42.5 Å². The normalized spacial score (nSPS) is 17.6. The van der Waals surface area contributed by atoms with Crippen molar-refractivity contribution in [2.45, 2.75) is 26.0 Å². The Hall–Kier alpha value is -2.25. The number of fused-ring (bicyclic) bond motifs is 1. The molecule has 0 fully saturated rings. The average molecular weight is 409 g/mol. The molecule has 2 unspecified atom stereocenters. The van der Waals surface area contributed by atoms with E-state index in [4.69, 9.17) is 16.3 Å². The molecular weight excluding hydrogens is 388 g/mol. The van der Waals surface area contributed by atoms with Crippen LogP contribution >= 0.6 is 11.6 Å². The lowest BCUT2D eigenvalue weighted by Gasteiger charge is -2.34. The van der Waals surface area contributed by atoms with Crippen molar-refractivity contribution in [3.05, 3.63) is 58.6 Å². The highest BCUT2D eigenvalue weighted by molar-refractivity contribution is 7.92. The number of hydrogen-bond donors (Lipinski definition) is 1. The third kappa shape index (κ3) is 4.36. The van der Waals surface area contributed by atoms with Crippen LogP contribution in [0.1, 0.15) is 24.1 Å². The van der Waals surface area contributed by atoms with Crippen LogP contribution in [0.5, 0.6) is 5.75 Å². The minimum absolute atomic E-state index is 0.112. The van der Waals surface area contributed by atoms with Crippen LogP contribution in [0.2, 0.25) is 5.02 Å². The number of nitrogens with zero attached hydrogens (tertiary/aromatic N) is 1. The molecule has 2 atom stereocenters. The molecule has 1 N–H and O–H groups in total. The van der Waals surface area contributed by atoms with Gasteiger partial charge in [0, 0.05) is 5.02 Å². The van der Waals surface area contributed by atoms with Crippen molar-refractivity contribution in [1.29, 1.82) is 0 Å². The molecular formula is C19H21ClN2O4S. The van der Waals surface area contributed by atoms with E-state index in [1.54, 1.807) is 12.1 Å². The van der Waals surface area contributed by atoms with Crippen LogP contribution in [-0.4, -0.2) is 33.2 Å². The molecule has 2 aromatic rings. The summed E-state index contributed by atoms with van der Waals surface area (Å²) in [6.45, 7) is 3.75. The minimum Gasteiger partial charge on any atom is -0.476 e. The summed E-state index contributed by atoms with van der Waals surface area (Å²) in [4.78, 5) is 12.7. The number of ether oxygens (including phenoxy) is 1. The quantitative estimate of drug-likeness (QED) is 0.843. The molecule has 1 heterocycles. The first-order valence-corrected chi connectivity index (χ1v) is 10.7. The minimum atomic E-state index is -3.59. The molecule has 1 aliphatic heterocycles. The van der Waals surface area contributed by atoms with Gasteiger partial charge in [-0.1, -0.05) is 41.4 Å². The summed E-state index contributed by atoms with van der Waals surface area (Å²) in [6, 6.07) is 12.3. The zero-order chi connectivity index (χ0) is 19.8. The Kier molecular flexibility index (Phi) is 5.35. The predicted molar refractivity (Wildman–Crippen MR) is 106 cm³/mol. The van der Waals surface area contributed by atoms with Crippen LogP contribution in [0, 0.1) is 6.92 Å². The van der Waals surface area contributed by atoms with Gasteiger partial charge in [0.1, 0.15) is 5.75 Å². The molecule has 0 saturated carbocycles. The lowest BCUT2D eigenvalue weighted by molar-refractivity contribution is -0.128. The van der Waals surface area contributed by atoms with Gasteiger partial charge >= 0.3 is 0 Å². The molecule has 1 aliphatic rings. The maximum absolute atomic E-state index is 12.7. The number of anilines is 1. The lowest BCUT2D eigenvalue weighted by atomic mass is 10.1. The Morgan fingerprint density at radius 3 is 2.56 bits per heavy atom. The summed E-state index contributed by atoms with van der Waals surface area (Å²) in [5.41, 5.74) is 2.42. The largest absolute Gasteiger partial charge is 0.476 e. The molecule has 1 amide bonds. The summed E-state index contributed by atoms with van der Waals surface area (Å²) in [5, 5.41) is 3.28. The van der Waals surface area contributed by atoms with E-state index in [9.17, 15) is 13.2 Å². The van der Waals surface area contributed by atoms with Gasteiger partial charge in [-0.05, 0) is 37.6 Å². The van der Waals surface area contributed by atoms with Gasteiger partial charge in [-0.25, -0.2) is 8.42 Å². The molecule has 0 aliphatic carbocycles. The summed E-state index contributed by atoms with van der Waals surface area (Å²) in [6.07, 6.45) is 0.133. The van der Waals surface area contributed by atoms with Crippen molar-refractivity contribution < 1.29 is 17.9 Å². The second-order valence-electron chi connectivity index (χ2n) is 6.65. The molecule has 3 rings (SSSR count). The Bertz CT molecular complexity index is 960. The fraction of sp³-hybridized carbons (Fsp3) is 0.316. The predicted octanol–water partition coefficient (Wildman–Crippen LogP) is 3.05. The molecule has 0 aromatic heterocycles. The molecule has 6 nitrogen and oxygen atoms in total. The van der Waals surface area contributed by atoms with Crippen molar-refractivity contribution in [3.63, 3.8) is 0 Å². The van der Waals surface area contributed by atoms with E-state index in [1.165, 1.54) is 6.07 Å². The first-order chi connectivity index (χ1) is 12.6. The van der Waals surface area contributed by atoms with E-state index in [-0.39, 0.29) is 18.5 Å². The first kappa shape index (κ1) is 19.5. The maximum Gasteiger partial charge on any atom is 0.263 e. The number of rotatable bonds is 4. The Balaban J connectivity index is 1.81. The average Bonchev–Trinajstić information content (AvgIpc) is 2.60. The topological polar surface area (TPSA) is 75.7 Å². The van der Waals surface area contributed by atoms with Gasteiger partial charge in [0.25, 0.3) is 5.91 Å². The zero-order valence-electron chi connectivity index (χ0n) is 15.3. The number of aryl methyl sites for hydroxylation is 1. The van der Waals surface area contributed by atoms with E-state index in [0.717, 1.165) is 21.7 Å². The highest BCUT2D eigenvalue weighted by atomic mass is 35.5. The molecule has 27 heavy (non-hydrogen) atoms. The van der Waals surface area contributed by atoms with E-state index in [2.05, 4.69) is 5.32 Å². The molecule has 0 radical (unpaired) electrons.